The summed E-state index contributed by atoms with van der Waals surface area (Å²) in [7, 11) is 0. The minimum Gasteiger partial charge on any atom is -0.508 e. The van der Waals surface area contributed by atoms with Gasteiger partial charge in [0.1, 0.15) is 23.9 Å². The third-order valence-electron chi connectivity index (χ3n) is 6.77. The number of aromatic nitrogens is 1. The lowest BCUT2D eigenvalue weighted by Gasteiger charge is -2.25. The number of carboxylic acids is 2. The number of fused-ring (bicyclic) bond motifs is 1. The zero-order valence-electron chi connectivity index (χ0n) is 23.5. The average molecular weight is 611 g/mol. The molecule has 0 aliphatic heterocycles. The Morgan fingerprint density at radius 1 is 0.795 bits per heavy atom. The van der Waals surface area contributed by atoms with Gasteiger partial charge in [-0.05, 0) is 35.7 Å². The summed E-state index contributed by atoms with van der Waals surface area (Å²) < 4.78 is 0. The molecule has 4 atom stereocenters. The number of benzene rings is 2. The van der Waals surface area contributed by atoms with Crippen molar-refractivity contribution < 1.29 is 44.1 Å². The lowest BCUT2D eigenvalue weighted by atomic mass is 10.0. The maximum atomic E-state index is 13.7. The van der Waals surface area contributed by atoms with Gasteiger partial charge in [0.25, 0.3) is 0 Å². The Morgan fingerprint density at radius 2 is 1.39 bits per heavy atom. The van der Waals surface area contributed by atoms with Crippen molar-refractivity contribution in [2.45, 2.75) is 56.3 Å². The van der Waals surface area contributed by atoms with Crippen LogP contribution in [0.1, 0.15) is 30.4 Å². The molecular formula is C29H34N6O9. The molecule has 0 saturated carbocycles. The van der Waals surface area contributed by atoms with Gasteiger partial charge in [-0.15, -0.1) is 0 Å². The van der Waals surface area contributed by atoms with E-state index >= 15 is 0 Å². The van der Waals surface area contributed by atoms with Crippen LogP contribution in [-0.4, -0.2) is 80.0 Å². The van der Waals surface area contributed by atoms with E-state index in [1.807, 2.05) is 6.07 Å². The Bertz CT molecular complexity index is 1520. The monoisotopic (exact) mass is 610 g/mol. The second-order valence-corrected chi connectivity index (χ2v) is 10.2. The predicted molar refractivity (Wildman–Crippen MR) is 156 cm³/mol. The average Bonchev–Trinajstić information content (AvgIpc) is 3.37. The standard InChI is InChI=1S/C29H34N6O9/c30-19(13-25(38)39)26(40)34-23(12-16-14-32-20-4-2-1-3-18(16)20)28(42)35-22(11-15-5-7-17(36)8-6-15)27(41)33-21(29(43)44)9-10-24(31)37/h1-8,14,19,21-23,32,36H,9-13,30H2,(H2,31,37)(H,33,41)(H,34,40)(H,35,42)(H,38,39)(H,43,44). The molecule has 0 aliphatic carbocycles. The first-order valence-electron chi connectivity index (χ1n) is 13.6. The van der Waals surface area contributed by atoms with E-state index in [2.05, 4.69) is 20.9 Å². The lowest BCUT2D eigenvalue weighted by molar-refractivity contribution is -0.142. The number of rotatable bonds is 16. The van der Waals surface area contributed by atoms with Crippen molar-refractivity contribution in [3.63, 3.8) is 0 Å². The summed E-state index contributed by atoms with van der Waals surface area (Å²) in [4.78, 5) is 76.9. The molecule has 1 heterocycles. The fourth-order valence-corrected chi connectivity index (χ4v) is 4.45. The van der Waals surface area contributed by atoms with Crippen molar-refractivity contribution >= 4 is 46.5 Å². The Labute approximate surface area is 251 Å². The number of carboxylic acid groups (broad SMARTS) is 2. The van der Waals surface area contributed by atoms with Crippen LogP contribution in [0.5, 0.6) is 5.75 Å². The molecule has 15 nitrogen and oxygen atoms in total. The number of carbonyl (C=O) groups is 6. The van der Waals surface area contributed by atoms with E-state index in [4.69, 9.17) is 16.6 Å². The highest BCUT2D eigenvalue weighted by Gasteiger charge is 2.31. The summed E-state index contributed by atoms with van der Waals surface area (Å²) in [5, 5.41) is 36.3. The first kappa shape index (κ1) is 33.1. The van der Waals surface area contributed by atoms with E-state index in [1.165, 1.54) is 24.3 Å². The molecule has 11 N–H and O–H groups in total. The molecule has 234 valence electrons. The van der Waals surface area contributed by atoms with Gasteiger partial charge in [-0.3, -0.25) is 24.0 Å². The molecule has 3 aromatic rings. The van der Waals surface area contributed by atoms with Crippen molar-refractivity contribution in [3.05, 3.63) is 65.9 Å². The number of para-hydroxylation sites is 1. The molecule has 0 saturated heterocycles. The molecule has 1 aromatic heterocycles. The molecule has 0 spiro atoms. The number of aromatic amines is 1. The Morgan fingerprint density at radius 3 is 2.00 bits per heavy atom. The number of nitrogens with one attached hydrogen (secondary N) is 4. The normalized spacial score (nSPS) is 13.7. The van der Waals surface area contributed by atoms with Crippen LogP contribution in [0.25, 0.3) is 10.9 Å². The van der Waals surface area contributed by atoms with E-state index in [0.29, 0.717) is 11.1 Å². The zero-order valence-corrected chi connectivity index (χ0v) is 23.5. The van der Waals surface area contributed by atoms with Gasteiger partial charge in [0.15, 0.2) is 0 Å². The summed E-state index contributed by atoms with van der Waals surface area (Å²) in [5.41, 5.74) is 12.7. The van der Waals surface area contributed by atoms with E-state index < -0.39 is 66.2 Å². The minimum atomic E-state index is -1.50. The summed E-state index contributed by atoms with van der Waals surface area (Å²) in [6.07, 6.45) is 0.113. The van der Waals surface area contributed by atoms with Gasteiger partial charge < -0.3 is 47.7 Å². The SMILES string of the molecule is NC(=O)CCC(NC(=O)C(Cc1ccc(O)cc1)NC(=O)C(Cc1c[nH]c2ccccc12)NC(=O)C(N)CC(=O)O)C(=O)O. The molecular weight excluding hydrogens is 576 g/mol. The van der Waals surface area contributed by atoms with Gasteiger partial charge in [0, 0.05) is 36.4 Å². The quantitative estimate of drug-likeness (QED) is 0.0980. The first-order valence-corrected chi connectivity index (χ1v) is 13.6. The van der Waals surface area contributed by atoms with E-state index in [0.717, 1.165) is 10.9 Å². The predicted octanol–water partition coefficient (Wildman–Crippen LogP) is -0.735. The van der Waals surface area contributed by atoms with Crippen molar-refractivity contribution in [1.29, 1.82) is 0 Å². The molecule has 0 bridgehead atoms. The number of amides is 4. The van der Waals surface area contributed by atoms with Gasteiger partial charge in [-0.25, -0.2) is 4.79 Å². The van der Waals surface area contributed by atoms with Gasteiger partial charge >= 0.3 is 11.9 Å². The Hall–Kier alpha value is -5.44. The summed E-state index contributed by atoms with van der Waals surface area (Å²) >= 11 is 0. The maximum absolute atomic E-state index is 13.7. The Kier molecular flexibility index (Phi) is 11.4. The number of nitrogens with two attached hydrogens (primary N) is 2. The summed E-state index contributed by atoms with van der Waals surface area (Å²) in [5.74, 6) is -6.21. The number of phenolic OH excluding ortho intramolecular Hbond substituents is 1. The van der Waals surface area contributed by atoms with Crippen molar-refractivity contribution in [2.75, 3.05) is 0 Å². The first-order chi connectivity index (χ1) is 20.8. The van der Waals surface area contributed by atoms with Crippen LogP contribution < -0.4 is 27.4 Å². The summed E-state index contributed by atoms with van der Waals surface area (Å²) in [6, 6.07) is 7.25. The molecule has 3 rings (SSSR count). The highest BCUT2D eigenvalue weighted by atomic mass is 16.4. The largest absolute Gasteiger partial charge is 0.508 e. The number of phenols is 1. The van der Waals surface area contributed by atoms with Crippen LogP contribution >= 0.6 is 0 Å². The van der Waals surface area contributed by atoms with Crippen LogP contribution in [0.4, 0.5) is 0 Å². The van der Waals surface area contributed by atoms with E-state index in [9.17, 15) is 39.0 Å². The fraction of sp³-hybridized carbons (Fsp3) is 0.310. The number of aromatic hydroxyl groups is 1. The zero-order chi connectivity index (χ0) is 32.4. The van der Waals surface area contributed by atoms with Crippen LogP contribution in [0.3, 0.4) is 0 Å². The van der Waals surface area contributed by atoms with Crippen molar-refractivity contribution in [1.82, 2.24) is 20.9 Å². The molecule has 4 amide bonds. The van der Waals surface area contributed by atoms with Crippen LogP contribution in [0, 0.1) is 0 Å². The van der Waals surface area contributed by atoms with Crippen LogP contribution in [0.15, 0.2) is 54.7 Å². The van der Waals surface area contributed by atoms with Gasteiger partial charge in [0.05, 0.1) is 12.5 Å². The topological polar surface area (TPSA) is 267 Å². The van der Waals surface area contributed by atoms with Crippen LogP contribution in [0.2, 0.25) is 0 Å². The molecule has 15 heteroatoms. The van der Waals surface area contributed by atoms with Crippen LogP contribution in [-0.2, 0) is 41.6 Å². The van der Waals surface area contributed by atoms with Crippen molar-refractivity contribution in [2.24, 2.45) is 11.5 Å². The van der Waals surface area contributed by atoms with Gasteiger partial charge in [-0.1, -0.05) is 30.3 Å². The highest BCUT2D eigenvalue weighted by Crippen LogP contribution is 2.20. The lowest BCUT2D eigenvalue weighted by Crippen LogP contribution is -2.58. The van der Waals surface area contributed by atoms with E-state index in [-0.39, 0.29) is 31.4 Å². The number of hydrogen-bond donors (Lipinski definition) is 9. The van der Waals surface area contributed by atoms with Crippen molar-refractivity contribution in [3.8, 4) is 5.75 Å². The smallest absolute Gasteiger partial charge is 0.326 e. The molecule has 2 aromatic carbocycles. The molecule has 44 heavy (non-hydrogen) atoms. The number of carbonyl (C=O) groups excluding carboxylic acids is 4. The number of hydrogen-bond acceptors (Lipinski definition) is 8. The fourth-order valence-electron chi connectivity index (χ4n) is 4.45. The second-order valence-electron chi connectivity index (χ2n) is 10.2. The summed E-state index contributed by atoms with van der Waals surface area (Å²) in [6.45, 7) is 0. The molecule has 0 aliphatic rings. The highest BCUT2D eigenvalue weighted by molar-refractivity contribution is 5.95. The van der Waals surface area contributed by atoms with E-state index in [1.54, 1.807) is 24.4 Å². The second kappa shape index (κ2) is 15.2. The third-order valence-corrected chi connectivity index (χ3v) is 6.77. The molecule has 4 unspecified atom stereocenters. The molecule has 0 radical (unpaired) electrons. The Balaban J connectivity index is 1.90. The maximum Gasteiger partial charge on any atom is 0.326 e. The number of primary amides is 1. The van der Waals surface area contributed by atoms with Gasteiger partial charge in [-0.2, -0.15) is 0 Å². The van der Waals surface area contributed by atoms with Gasteiger partial charge in [0.2, 0.25) is 23.6 Å². The minimum absolute atomic E-state index is 0.0459. The third kappa shape index (κ3) is 9.55. The number of aliphatic carboxylic acids is 2. The molecule has 0 fully saturated rings. The number of H-pyrrole nitrogens is 1.